The van der Waals surface area contributed by atoms with E-state index in [1.54, 1.807) is 0 Å². The summed E-state index contributed by atoms with van der Waals surface area (Å²) in [6, 6.07) is 0. The van der Waals surface area contributed by atoms with E-state index in [1.165, 1.54) is 4.74 Å². The summed E-state index contributed by atoms with van der Waals surface area (Å²) >= 11 is 0. The first kappa shape index (κ1) is 46.0. The SMILES string of the molecule is O=C(OC(=O)C(F)(F)C(F)(F)C(F)(F)C(F)(F)C(F)(F)C(F)(F)C(F)(F)F)C(F)(F)C(F)(F)C(F)(F)C(F)(F)C(F)(F)C(F)(F)C(F)(F)F. The molecule has 0 aliphatic rings. The van der Waals surface area contributed by atoms with Crippen molar-refractivity contribution in [1.82, 2.24) is 0 Å². The van der Waals surface area contributed by atoms with E-state index in [-0.39, 0.29) is 0 Å². The Morgan fingerprint density at radius 1 is 0.245 bits per heavy atom. The van der Waals surface area contributed by atoms with Gasteiger partial charge in [0.05, 0.1) is 0 Å². The van der Waals surface area contributed by atoms with Gasteiger partial charge in [-0.15, -0.1) is 0 Å². The van der Waals surface area contributed by atoms with Gasteiger partial charge in [-0.1, -0.05) is 0 Å². The number of carbonyl (C=O) groups excluding carboxylic acids is 2. The molecule has 0 aromatic carbocycles. The Morgan fingerprint density at radius 3 is 0.551 bits per heavy atom. The maximum absolute atomic E-state index is 13.6. The highest BCUT2D eigenvalue weighted by Crippen LogP contribution is 2.64. The second-order valence-electron chi connectivity index (χ2n) is 8.57. The van der Waals surface area contributed by atoms with Crippen LogP contribution in [0.1, 0.15) is 0 Å². The van der Waals surface area contributed by atoms with Crippen LogP contribution in [-0.4, -0.2) is 95.4 Å². The minimum atomic E-state index is -9.29. The summed E-state index contributed by atoms with van der Waals surface area (Å²) in [4.78, 5) is 21.8. The molecule has 0 saturated heterocycles. The van der Waals surface area contributed by atoms with Gasteiger partial charge in [-0.3, -0.25) is 0 Å². The van der Waals surface area contributed by atoms with Crippen LogP contribution in [0.3, 0.4) is 0 Å². The van der Waals surface area contributed by atoms with Gasteiger partial charge >= 0.3 is 95.4 Å². The minimum absolute atomic E-state index is 1.46. The largest absolute Gasteiger partial charge is 0.460 e. The molecule has 0 aromatic heterocycles. The Balaban J connectivity index is 6.98. The van der Waals surface area contributed by atoms with Crippen LogP contribution in [0, 0.1) is 0 Å². The molecule has 0 aromatic rings. The standard InChI is InChI=1S/C16F30O3/c17-3(18,5(21,22)7(25,26)9(29,30)11(33,34)13(37,38)15(41,42)43)1(47)49-2(48)4(19,20)6(23,24)8(27,28)10(31,32)12(35,36)14(39,40)16(44,45)46. The van der Waals surface area contributed by atoms with E-state index in [9.17, 15) is 141 Å². The van der Waals surface area contributed by atoms with E-state index in [0.29, 0.717) is 0 Å². The molecule has 0 radical (unpaired) electrons. The monoisotopic (exact) mass is 810 g/mol. The van der Waals surface area contributed by atoms with E-state index < -0.39 is 95.4 Å². The molecular formula is C16F30O3. The predicted molar refractivity (Wildman–Crippen MR) is 82.6 cm³/mol. The van der Waals surface area contributed by atoms with Gasteiger partial charge in [0.2, 0.25) is 0 Å². The third-order valence-electron chi connectivity index (χ3n) is 5.35. The zero-order valence-corrected chi connectivity index (χ0v) is 20.6. The minimum Gasteiger partial charge on any atom is -0.384 e. The van der Waals surface area contributed by atoms with Gasteiger partial charge in [0.25, 0.3) is 0 Å². The summed E-state index contributed by atoms with van der Waals surface area (Å²) < 4.78 is 392. The zero-order valence-electron chi connectivity index (χ0n) is 20.6. The Kier molecular flexibility index (Phi) is 10.6. The molecule has 0 rings (SSSR count). The molecule has 49 heavy (non-hydrogen) atoms. The molecule has 0 aliphatic heterocycles. The van der Waals surface area contributed by atoms with Gasteiger partial charge < -0.3 is 4.74 Å². The highest BCUT2D eigenvalue weighted by molar-refractivity contribution is 5.93. The van der Waals surface area contributed by atoms with Crippen LogP contribution >= 0.6 is 0 Å². The molecule has 0 saturated carbocycles. The highest BCUT2D eigenvalue weighted by Gasteiger charge is 2.96. The third kappa shape index (κ3) is 5.69. The number of ether oxygens (including phenoxy) is 1. The molecule has 3 nitrogen and oxygen atoms in total. The lowest BCUT2D eigenvalue weighted by Crippen LogP contribution is -2.74. The smallest absolute Gasteiger partial charge is 0.384 e. The maximum atomic E-state index is 13.6. The summed E-state index contributed by atoms with van der Waals surface area (Å²) in [5.41, 5.74) is 0. The van der Waals surface area contributed by atoms with Crippen LogP contribution in [-0.2, 0) is 14.3 Å². The van der Waals surface area contributed by atoms with Crippen molar-refractivity contribution in [3.05, 3.63) is 0 Å². The van der Waals surface area contributed by atoms with E-state index in [1.807, 2.05) is 0 Å². The average molecular weight is 810 g/mol. The summed E-state index contributed by atoms with van der Waals surface area (Å²) in [7, 11) is 0. The molecule has 0 spiro atoms. The number of rotatable bonds is 12. The third-order valence-corrected chi connectivity index (χ3v) is 5.35. The summed E-state index contributed by atoms with van der Waals surface area (Å²) in [6.45, 7) is 0. The predicted octanol–water partition coefficient (Wildman–Crippen LogP) is 8.80. The molecule has 0 atom stereocenters. The Morgan fingerprint density at radius 2 is 0.388 bits per heavy atom. The second kappa shape index (κ2) is 11.3. The van der Waals surface area contributed by atoms with Crippen LogP contribution in [0.4, 0.5) is 132 Å². The van der Waals surface area contributed by atoms with Crippen molar-refractivity contribution in [2.75, 3.05) is 0 Å². The molecule has 0 aliphatic carbocycles. The zero-order chi connectivity index (χ0) is 40.9. The van der Waals surface area contributed by atoms with Gasteiger partial charge in [0, 0.05) is 0 Å². The molecule has 0 bridgehead atoms. The second-order valence-corrected chi connectivity index (χ2v) is 8.57. The van der Waals surface area contributed by atoms with Crippen molar-refractivity contribution in [3.8, 4) is 0 Å². The fourth-order valence-electron chi connectivity index (χ4n) is 2.40. The first-order valence-corrected chi connectivity index (χ1v) is 9.99. The molecule has 292 valence electrons. The van der Waals surface area contributed by atoms with E-state index in [2.05, 4.69) is 0 Å². The normalized spacial score (nSPS) is 16.5. The lowest BCUT2D eigenvalue weighted by Gasteiger charge is -2.41. The Hall–Kier alpha value is -2.96. The quantitative estimate of drug-likeness (QED) is 0.113. The van der Waals surface area contributed by atoms with Gasteiger partial charge in [0.15, 0.2) is 0 Å². The average Bonchev–Trinajstić information content (AvgIpc) is 2.85. The fraction of sp³-hybridized carbons (Fsp3) is 0.875. The fourth-order valence-corrected chi connectivity index (χ4v) is 2.40. The Bertz CT molecular complexity index is 1170. The Labute approximate surface area is 243 Å². The number of hydrogen-bond donors (Lipinski definition) is 0. The van der Waals surface area contributed by atoms with Crippen LogP contribution in [0.2, 0.25) is 0 Å². The molecule has 0 amide bonds. The molecule has 0 unspecified atom stereocenters. The van der Waals surface area contributed by atoms with Crippen molar-refractivity contribution < 1.29 is 146 Å². The number of esters is 2. The van der Waals surface area contributed by atoms with Crippen LogP contribution in [0.5, 0.6) is 0 Å². The van der Waals surface area contributed by atoms with Gasteiger partial charge in [-0.05, 0) is 0 Å². The first-order valence-electron chi connectivity index (χ1n) is 9.99. The number of alkyl halides is 30. The lowest BCUT2D eigenvalue weighted by molar-refractivity contribution is -0.451. The van der Waals surface area contributed by atoms with E-state index >= 15 is 0 Å². The molecule has 0 fully saturated rings. The van der Waals surface area contributed by atoms with Gasteiger partial charge in [-0.25, -0.2) is 9.59 Å². The van der Waals surface area contributed by atoms with E-state index in [0.717, 1.165) is 0 Å². The number of hydrogen-bond acceptors (Lipinski definition) is 3. The molecule has 0 N–H and O–H groups in total. The summed E-state index contributed by atoms with van der Waals surface area (Å²) in [5.74, 6) is -119. The van der Waals surface area contributed by atoms with Crippen LogP contribution in [0.25, 0.3) is 0 Å². The van der Waals surface area contributed by atoms with Crippen molar-refractivity contribution in [2.24, 2.45) is 0 Å². The van der Waals surface area contributed by atoms with Crippen molar-refractivity contribution >= 4 is 11.9 Å². The first-order chi connectivity index (χ1) is 20.5. The van der Waals surface area contributed by atoms with E-state index in [4.69, 9.17) is 0 Å². The maximum Gasteiger partial charge on any atom is 0.460 e. The molecule has 33 heteroatoms. The number of halogens is 30. The molecular weight excluding hydrogens is 810 g/mol. The summed E-state index contributed by atoms with van der Waals surface area (Å²) in [6.07, 6.45) is -16.4. The van der Waals surface area contributed by atoms with Crippen LogP contribution < -0.4 is 0 Å². The van der Waals surface area contributed by atoms with Gasteiger partial charge in [-0.2, -0.15) is 132 Å². The van der Waals surface area contributed by atoms with Crippen molar-refractivity contribution in [3.63, 3.8) is 0 Å². The molecule has 0 heterocycles. The summed E-state index contributed by atoms with van der Waals surface area (Å²) in [5, 5.41) is 0. The van der Waals surface area contributed by atoms with Crippen LogP contribution in [0.15, 0.2) is 0 Å². The van der Waals surface area contributed by atoms with Crippen molar-refractivity contribution in [2.45, 2.75) is 83.4 Å². The number of carbonyl (C=O) groups is 2. The van der Waals surface area contributed by atoms with Gasteiger partial charge in [0.1, 0.15) is 0 Å². The lowest BCUT2D eigenvalue weighted by atomic mass is 9.90. The van der Waals surface area contributed by atoms with Crippen molar-refractivity contribution in [1.29, 1.82) is 0 Å². The highest BCUT2D eigenvalue weighted by atomic mass is 19.4. The topological polar surface area (TPSA) is 43.4 Å².